The van der Waals surface area contributed by atoms with Crippen LogP contribution < -0.4 is 10.7 Å². The fraction of sp³-hybridized carbons (Fsp3) is 0.500. The van der Waals surface area contributed by atoms with Crippen LogP contribution in [0.1, 0.15) is 39.0 Å². The molecule has 106 valence electrons. The van der Waals surface area contributed by atoms with Crippen molar-refractivity contribution in [2.75, 3.05) is 0 Å². The molecule has 0 spiro atoms. The minimum atomic E-state index is -0.749. The summed E-state index contributed by atoms with van der Waals surface area (Å²) in [4.78, 5) is 16.7. The normalized spacial score (nSPS) is 12.1. The van der Waals surface area contributed by atoms with Gasteiger partial charge in [0.1, 0.15) is 11.0 Å². The van der Waals surface area contributed by atoms with Crippen molar-refractivity contribution in [2.45, 2.75) is 49.2 Å². The number of carbonyl (C=O) groups is 1. The Morgan fingerprint density at radius 1 is 1.32 bits per heavy atom. The fourth-order valence-electron chi connectivity index (χ4n) is 1.75. The zero-order chi connectivity index (χ0) is 14.1. The Morgan fingerprint density at radius 2 is 2.00 bits per heavy atom. The summed E-state index contributed by atoms with van der Waals surface area (Å²) < 4.78 is 0. The number of rotatable bonds is 9. The van der Waals surface area contributed by atoms with E-state index in [2.05, 4.69) is 11.8 Å². The number of hydrogen-bond acceptors (Lipinski definition) is 4. The number of carboxylic acid groups (broad SMARTS) is 1. The van der Waals surface area contributed by atoms with Crippen LogP contribution >= 0.6 is 11.8 Å². The maximum absolute atomic E-state index is 11.2. The van der Waals surface area contributed by atoms with Crippen LogP contribution in [0.2, 0.25) is 0 Å². The molecule has 4 nitrogen and oxygen atoms in total. The molecule has 1 aromatic carbocycles. The minimum Gasteiger partial charge on any atom is -0.480 e. The van der Waals surface area contributed by atoms with Gasteiger partial charge in [-0.15, -0.1) is 11.8 Å². The predicted molar refractivity (Wildman–Crippen MR) is 77.3 cm³/mol. The van der Waals surface area contributed by atoms with E-state index in [9.17, 15) is 9.90 Å². The van der Waals surface area contributed by atoms with Gasteiger partial charge < -0.3 is 9.94 Å². The van der Waals surface area contributed by atoms with E-state index in [0.29, 0.717) is 12.2 Å². The van der Waals surface area contributed by atoms with Gasteiger partial charge in [0, 0.05) is 4.90 Å². The first-order chi connectivity index (χ1) is 9.17. The summed E-state index contributed by atoms with van der Waals surface area (Å²) in [6.45, 7) is 2.14. The summed E-state index contributed by atoms with van der Waals surface area (Å²) in [7, 11) is 0. The molecule has 1 unspecified atom stereocenters. The lowest BCUT2D eigenvalue weighted by atomic mass is 10.1. The third-order valence-corrected chi connectivity index (χ3v) is 4.10. The zero-order valence-corrected chi connectivity index (χ0v) is 12.0. The van der Waals surface area contributed by atoms with Crippen molar-refractivity contribution in [1.82, 2.24) is 0 Å². The first-order valence-electron chi connectivity index (χ1n) is 6.53. The maximum Gasteiger partial charge on any atom is 0.316 e. The lowest BCUT2D eigenvalue weighted by molar-refractivity contribution is -0.136. The third-order valence-electron chi connectivity index (χ3n) is 2.83. The molecule has 0 aromatic heterocycles. The maximum atomic E-state index is 11.2. The van der Waals surface area contributed by atoms with Gasteiger partial charge in [-0.05, 0) is 30.7 Å². The smallest absolute Gasteiger partial charge is 0.316 e. The minimum absolute atomic E-state index is 0.387. The van der Waals surface area contributed by atoms with E-state index in [0.717, 1.165) is 24.2 Å². The molecule has 0 aliphatic rings. The van der Waals surface area contributed by atoms with Crippen LogP contribution in [0, 0.1) is 0 Å². The van der Waals surface area contributed by atoms with E-state index in [4.69, 9.17) is 5.90 Å². The van der Waals surface area contributed by atoms with Crippen molar-refractivity contribution >= 4 is 17.7 Å². The highest BCUT2D eigenvalue weighted by Crippen LogP contribution is 2.28. The number of hydrogen-bond donors (Lipinski definition) is 2. The molecule has 5 heteroatoms. The molecule has 1 rings (SSSR count). The van der Waals surface area contributed by atoms with Crippen LogP contribution in [0.3, 0.4) is 0 Å². The number of unbranched alkanes of at least 4 members (excludes halogenated alkanes) is 3. The van der Waals surface area contributed by atoms with E-state index >= 15 is 0 Å². The van der Waals surface area contributed by atoms with Crippen molar-refractivity contribution in [1.29, 1.82) is 0 Å². The Bertz CT molecular complexity index is 381. The molecule has 0 aliphatic heterocycles. The summed E-state index contributed by atoms with van der Waals surface area (Å²) in [6, 6.07) is 7.13. The van der Waals surface area contributed by atoms with Gasteiger partial charge in [-0.2, -0.15) is 5.90 Å². The second-order valence-electron chi connectivity index (χ2n) is 4.38. The molecule has 3 N–H and O–H groups in total. The largest absolute Gasteiger partial charge is 0.480 e. The van der Waals surface area contributed by atoms with Gasteiger partial charge in [0.05, 0.1) is 0 Å². The number of nitrogens with two attached hydrogens (primary N) is 1. The Labute approximate surface area is 118 Å². The number of benzene rings is 1. The van der Waals surface area contributed by atoms with Gasteiger partial charge in [0.25, 0.3) is 0 Å². The molecule has 0 amide bonds. The highest BCUT2D eigenvalue weighted by atomic mass is 32.2. The van der Waals surface area contributed by atoms with Crippen LogP contribution in [0.5, 0.6) is 5.75 Å². The Morgan fingerprint density at radius 3 is 2.53 bits per heavy atom. The molecule has 0 saturated carbocycles. The van der Waals surface area contributed by atoms with Crippen molar-refractivity contribution in [3.8, 4) is 5.75 Å². The molecule has 0 saturated heterocycles. The van der Waals surface area contributed by atoms with Crippen LogP contribution in [-0.2, 0) is 4.79 Å². The van der Waals surface area contributed by atoms with E-state index in [1.807, 2.05) is 12.1 Å². The molecule has 0 radical (unpaired) electrons. The first-order valence-corrected chi connectivity index (χ1v) is 7.41. The topological polar surface area (TPSA) is 72.5 Å². The van der Waals surface area contributed by atoms with E-state index in [-0.39, 0.29) is 5.25 Å². The van der Waals surface area contributed by atoms with Crippen molar-refractivity contribution < 1.29 is 14.7 Å². The van der Waals surface area contributed by atoms with Gasteiger partial charge in [-0.1, -0.05) is 32.6 Å². The van der Waals surface area contributed by atoms with Crippen molar-refractivity contribution in [3.63, 3.8) is 0 Å². The molecular formula is C14H21NO3S. The molecule has 0 heterocycles. The second kappa shape index (κ2) is 8.82. The Kier molecular flexibility index (Phi) is 7.36. The predicted octanol–water partition coefficient (Wildman–Crippen LogP) is 3.45. The van der Waals surface area contributed by atoms with E-state index in [1.54, 1.807) is 12.1 Å². The molecule has 19 heavy (non-hydrogen) atoms. The second-order valence-corrected chi connectivity index (χ2v) is 5.66. The van der Waals surface area contributed by atoms with E-state index < -0.39 is 5.97 Å². The summed E-state index contributed by atoms with van der Waals surface area (Å²) in [5.41, 5.74) is 0. The summed E-state index contributed by atoms with van der Waals surface area (Å²) in [6.07, 6.45) is 5.09. The lowest BCUT2D eigenvalue weighted by Gasteiger charge is -2.12. The zero-order valence-electron chi connectivity index (χ0n) is 11.2. The Balaban J connectivity index is 2.49. The third kappa shape index (κ3) is 5.98. The number of aliphatic carboxylic acids is 1. The number of thioether (sulfide) groups is 1. The number of carboxylic acids is 1. The highest BCUT2D eigenvalue weighted by molar-refractivity contribution is 8.00. The average molecular weight is 283 g/mol. The van der Waals surface area contributed by atoms with E-state index in [1.165, 1.54) is 18.2 Å². The Hall–Kier alpha value is -1.20. The first kappa shape index (κ1) is 15.9. The SMILES string of the molecule is CCCCCCC(Sc1ccc(ON)cc1)C(=O)O. The summed E-state index contributed by atoms with van der Waals surface area (Å²) in [5, 5.41) is 8.84. The van der Waals surface area contributed by atoms with Crippen LogP contribution in [0.15, 0.2) is 29.2 Å². The summed E-state index contributed by atoms with van der Waals surface area (Å²) >= 11 is 1.38. The monoisotopic (exact) mass is 283 g/mol. The van der Waals surface area contributed by atoms with Crippen molar-refractivity contribution in [3.05, 3.63) is 24.3 Å². The molecular weight excluding hydrogens is 262 g/mol. The van der Waals surface area contributed by atoms with Crippen LogP contribution in [0.25, 0.3) is 0 Å². The lowest BCUT2D eigenvalue weighted by Crippen LogP contribution is -2.16. The van der Waals surface area contributed by atoms with Gasteiger partial charge in [-0.3, -0.25) is 4.79 Å². The fourth-order valence-corrected chi connectivity index (χ4v) is 2.76. The quantitative estimate of drug-likeness (QED) is 0.412. The standard InChI is InChI=1S/C14H21NO3S/c1-2-3-4-5-6-13(14(16)17)19-12-9-7-11(18-15)8-10-12/h7-10,13H,2-6,15H2,1H3,(H,16,17). The van der Waals surface area contributed by atoms with Gasteiger partial charge in [0.15, 0.2) is 0 Å². The van der Waals surface area contributed by atoms with Crippen LogP contribution in [0.4, 0.5) is 0 Å². The van der Waals surface area contributed by atoms with Gasteiger partial charge >= 0.3 is 5.97 Å². The molecule has 1 atom stereocenters. The summed E-state index contributed by atoms with van der Waals surface area (Å²) in [5.74, 6) is 4.86. The van der Waals surface area contributed by atoms with Gasteiger partial charge in [0.2, 0.25) is 0 Å². The van der Waals surface area contributed by atoms with Crippen LogP contribution in [-0.4, -0.2) is 16.3 Å². The molecule has 1 aromatic rings. The molecule has 0 fully saturated rings. The van der Waals surface area contributed by atoms with Crippen molar-refractivity contribution in [2.24, 2.45) is 5.90 Å². The highest BCUT2D eigenvalue weighted by Gasteiger charge is 2.18. The van der Waals surface area contributed by atoms with Gasteiger partial charge in [-0.25, -0.2) is 0 Å². The average Bonchev–Trinajstić information content (AvgIpc) is 2.42. The molecule has 0 aliphatic carbocycles. The molecule has 0 bridgehead atoms.